The molecule has 0 fully saturated rings. The largest absolute Gasteiger partial charge is 0.504 e. The van der Waals surface area contributed by atoms with Gasteiger partial charge >= 0.3 is 0 Å². The summed E-state index contributed by atoms with van der Waals surface area (Å²) in [6.07, 6.45) is 0. The lowest BCUT2D eigenvalue weighted by atomic mass is 9.83. The summed E-state index contributed by atoms with van der Waals surface area (Å²) in [6.45, 7) is 9.74. The van der Waals surface area contributed by atoms with Crippen LogP contribution >= 0.6 is 0 Å². The summed E-state index contributed by atoms with van der Waals surface area (Å²) in [5.74, 6) is -0.235. The highest BCUT2D eigenvalue weighted by atomic mass is 16.3. The van der Waals surface area contributed by atoms with Crippen LogP contribution in [0.1, 0.15) is 45.7 Å². The van der Waals surface area contributed by atoms with Crippen LogP contribution in [0.5, 0.6) is 11.5 Å². The van der Waals surface area contributed by atoms with E-state index in [-0.39, 0.29) is 16.9 Å². The van der Waals surface area contributed by atoms with E-state index in [1.807, 2.05) is 26.8 Å². The maximum absolute atomic E-state index is 9.79. The second kappa shape index (κ2) is 3.67. The Morgan fingerprint density at radius 1 is 1.00 bits per heavy atom. The third-order valence-corrected chi connectivity index (χ3v) is 2.65. The first-order valence-corrected chi connectivity index (χ1v) is 5.39. The average molecular weight is 223 g/mol. The molecule has 1 aromatic rings. The Balaban J connectivity index is 3.46. The van der Waals surface area contributed by atoms with E-state index >= 15 is 0 Å². The highest BCUT2D eigenvalue weighted by molar-refractivity contribution is 5.51. The van der Waals surface area contributed by atoms with Crippen molar-refractivity contribution < 1.29 is 10.2 Å². The molecule has 0 aromatic heterocycles. The minimum absolute atomic E-state index is 0.0921. The van der Waals surface area contributed by atoms with Crippen molar-refractivity contribution in [3.63, 3.8) is 0 Å². The molecule has 3 heteroatoms. The van der Waals surface area contributed by atoms with Crippen LogP contribution in [0.3, 0.4) is 0 Å². The molecule has 0 saturated heterocycles. The van der Waals surface area contributed by atoms with Gasteiger partial charge in [0.2, 0.25) is 0 Å². The SMILES string of the molecule is CC(C)(C)c1cc(O)c(O)c(C(C)(C)N)c1. The first-order chi connectivity index (χ1) is 7.03. The van der Waals surface area contributed by atoms with E-state index in [0.29, 0.717) is 5.56 Å². The maximum Gasteiger partial charge on any atom is 0.162 e. The summed E-state index contributed by atoms with van der Waals surface area (Å²) in [6, 6.07) is 3.44. The van der Waals surface area contributed by atoms with Gasteiger partial charge in [-0.3, -0.25) is 0 Å². The molecule has 1 aromatic carbocycles. The van der Waals surface area contributed by atoms with Gasteiger partial charge in [0.15, 0.2) is 11.5 Å². The molecule has 16 heavy (non-hydrogen) atoms. The normalized spacial score (nSPS) is 12.9. The second-order valence-electron chi connectivity index (χ2n) is 5.86. The van der Waals surface area contributed by atoms with Crippen LogP contribution in [-0.4, -0.2) is 10.2 Å². The molecule has 0 saturated carbocycles. The third-order valence-electron chi connectivity index (χ3n) is 2.65. The molecule has 0 heterocycles. The first-order valence-electron chi connectivity index (χ1n) is 5.39. The quantitative estimate of drug-likeness (QED) is 0.641. The van der Waals surface area contributed by atoms with Crippen molar-refractivity contribution in [2.75, 3.05) is 0 Å². The van der Waals surface area contributed by atoms with E-state index in [1.54, 1.807) is 19.9 Å². The summed E-state index contributed by atoms with van der Waals surface area (Å²) in [5.41, 5.74) is 6.72. The fraction of sp³-hybridized carbons (Fsp3) is 0.538. The number of benzene rings is 1. The minimum atomic E-state index is -0.678. The first kappa shape index (κ1) is 12.8. The smallest absolute Gasteiger partial charge is 0.162 e. The second-order valence-corrected chi connectivity index (χ2v) is 5.86. The Morgan fingerprint density at radius 3 is 1.88 bits per heavy atom. The Kier molecular flexibility index (Phi) is 2.94. The van der Waals surface area contributed by atoms with Gasteiger partial charge in [0, 0.05) is 11.1 Å². The van der Waals surface area contributed by atoms with Gasteiger partial charge in [-0.1, -0.05) is 20.8 Å². The highest BCUT2D eigenvalue weighted by Gasteiger charge is 2.24. The summed E-state index contributed by atoms with van der Waals surface area (Å²) in [5, 5.41) is 19.5. The van der Waals surface area contributed by atoms with E-state index in [9.17, 15) is 10.2 Å². The molecule has 0 amide bonds. The summed E-state index contributed by atoms with van der Waals surface area (Å²) in [4.78, 5) is 0. The lowest BCUT2D eigenvalue weighted by Crippen LogP contribution is -2.29. The fourth-order valence-corrected chi connectivity index (χ4v) is 1.54. The standard InChI is InChI=1S/C13H21NO2/c1-12(2,3)8-6-9(13(4,5)14)11(16)10(15)7-8/h6-7,15-16H,14H2,1-5H3. The highest BCUT2D eigenvalue weighted by Crippen LogP contribution is 2.38. The van der Waals surface area contributed by atoms with Gasteiger partial charge in [-0.15, -0.1) is 0 Å². The number of nitrogens with two attached hydrogens (primary N) is 1. The molecule has 0 aliphatic heterocycles. The summed E-state index contributed by atoms with van der Waals surface area (Å²) >= 11 is 0. The van der Waals surface area contributed by atoms with E-state index in [2.05, 4.69) is 0 Å². The van der Waals surface area contributed by atoms with Crippen LogP contribution in [0, 0.1) is 0 Å². The number of rotatable bonds is 1. The third kappa shape index (κ3) is 2.47. The van der Waals surface area contributed by atoms with Crippen molar-refractivity contribution in [1.29, 1.82) is 0 Å². The zero-order chi connectivity index (χ0) is 12.7. The van der Waals surface area contributed by atoms with Gasteiger partial charge in [0.25, 0.3) is 0 Å². The zero-order valence-electron chi connectivity index (χ0n) is 10.6. The van der Waals surface area contributed by atoms with Crippen LogP contribution in [0.4, 0.5) is 0 Å². The molecule has 0 bridgehead atoms. The van der Waals surface area contributed by atoms with Gasteiger partial charge in [-0.2, -0.15) is 0 Å². The molecular weight excluding hydrogens is 202 g/mol. The topological polar surface area (TPSA) is 66.5 Å². The molecule has 3 nitrogen and oxygen atoms in total. The molecule has 0 unspecified atom stereocenters. The molecule has 0 spiro atoms. The van der Waals surface area contributed by atoms with Crippen molar-refractivity contribution in [3.05, 3.63) is 23.3 Å². The van der Waals surface area contributed by atoms with Gasteiger partial charge in [0.05, 0.1) is 0 Å². The lowest BCUT2D eigenvalue weighted by molar-refractivity contribution is 0.384. The van der Waals surface area contributed by atoms with Crippen molar-refractivity contribution >= 4 is 0 Å². The average Bonchev–Trinajstić information content (AvgIpc) is 2.05. The molecule has 4 N–H and O–H groups in total. The molecule has 1 rings (SSSR count). The van der Waals surface area contributed by atoms with Crippen molar-refractivity contribution in [1.82, 2.24) is 0 Å². The van der Waals surface area contributed by atoms with Gasteiger partial charge in [0.1, 0.15) is 0 Å². The Bertz CT molecular complexity index is 398. The van der Waals surface area contributed by atoms with E-state index in [0.717, 1.165) is 5.56 Å². The Hall–Kier alpha value is -1.22. The van der Waals surface area contributed by atoms with Crippen molar-refractivity contribution in [2.24, 2.45) is 5.73 Å². The molecule has 0 aliphatic carbocycles. The zero-order valence-corrected chi connectivity index (χ0v) is 10.6. The number of hydrogen-bond donors (Lipinski definition) is 3. The molecule has 90 valence electrons. The Morgan fingerprint density at radius 2 is 1.50 bits per heavy atom. The van der Waals surface area contributed by atoms with Crippen LogP contribution in [0.15, 0.2) is 12.1 Å². The van der Waals surface area contributed by atoms with Crippen LogP contribution in [0.2, 0.25) is 0 Å². The number of aromatic hydroxyl groups is 2. The van der Waals surface area contributed by atoms with Crippen LogP contribution in [0.25, 0.3) is 0 Å². The summed E-state index contributed by atoms with van der Waals surface area (Å²) < 4.78 is 0. The number of phenols is 2. The minimum Gasteiger partial charge on any atom is -0.504 e. The van der Waals surface area contributed by atoms with Crippen molar-refractivity contribution in [3.8, 4) is 11.5 Å². The van der Waals surface area contributed by atoms with Gasteiger partial charge < -0.3 is 15.9 Å². The molecule has 0 radical (unpaired) electrons. The van der Waals surface area contributed by atoms with E-state index in [4.69, 9.17) is 5.73 Å². The van der Waals surface area contributed by atoms with Gasteiger partial charge in [-0.25, -0.2) is 0 Å². The van der Waals surface area contributed by atoms with Crippen molar-refractivity contribution in [2.45, 2.75) is 45.6 Å². The van der Waals surface area contributed by atoms with Crippen LogP contribution < -0.4 is 5.73 Å². The number of phenolic OH excluding ortho intramolecular Hbond substituents is 2. The fourth-order valence-electron chi connectivity index (χ4n) is 1.54. The van der Waals surface area contributed by atoms with E-state index in [1.165, 1.54) is 0 Å². The predicted molar refractivity (Wildman–Crippen MR) is 65.7 cm³/mol. The monoisotopic (exact) mass is 223 g/mol. The van der Waals surface area contributed by atoms with E-state index < -0.39 is 5.54 Å². The molecule has 0 aliphatic rings. The van der Waals surface area contributed by atoms with Gasteiger partial charge in [-0.05, 0) is 37.0 Å². The maximum atomic E-state index is 9.79. The summed E-state index contributed by atoms with van der Waals surface area (Å²) in [7, 11) is 0. The molecule has 0 atom stereocenters. The van der Waals surface area contributed by atoms with Crippen LogP contribution in [-0.2, 0) is 11.0 Å². The predicted octanol–water partition coefficient (Wildman–Crippen LogP) is 2.59. The lowest BCUT2D eigenvalue weighted by Gasteiger charge is -2.26. The Labute approximate surface area is 96.9 Å². The molecular formula is C13H21NO2. The number of hydrogen-bond acceptors (Lipinski definition) is 3.